The minimum Gasteiger partial charge on any atom is -0.355 e. The number of halogens is 1. The maximum absolute atomic E-state index is 11.7. The average molecular weight is 357 g/mol. The summed E-state index contributed by atoms with van der Waals surface area (Å²) in [5, 5.41) is 5.67. The second-order valence-corrected chi connectivity index (χ2v) is 6.70. The number of hydrogen-bond acceptors (Lipinski definition) is 3. The van der Waals surface area contributed by atoms with Gasteiger partial charge in [0, 0.05) is 16.7 Å². The van der Waals surface area contributed by atoms with Gasteiger partial charge in [-0.15, -0.1) is 11.8 Å². The Bertz CT molecular complexity index is 492. The lowest BCUT2D eigenvalue weighted by molar-refractivity contribution is -0.118. The first-order valence-electron chi connectivity index (χ1n) is 6.53. The lowest BCUT2D eigenvalue weighted by Crippen LogP contribution is -2.27. The minimum atomic E-state index is -0.0944. The number of carbonyl (C=O) groups excluding carboxylic acids is 2. The molecule has 2 N–H and O–H groups in total. The van der Waals surface area contributed by atoms with Gasteiger partial charge in [0.2, 0.25) is 11.8 Å². The Labute approximate surface area is 131 Å². The monoisotopic (exact) mass is 356 g/mol. The maximum Gasteiger partial charge on any atom is 0.234 e. The fourth-order valence-electron chi connectivity index (χ4n) is 1.63. The summed E-state index contributed by atoms with van der Waals surface area (Å²) in [4.78, 5) is 23.2. The van der Waals surface area contributed by atoms with Gasteiger partial charge in [-0.05, 0) is 37.0 Å². The van der Waals surface area contributed by atoms with Crippen molar-refractivity contribution < 1.29 is 9.59 Å². The lowest BCUT2D eigenvalue weighted by atomic mass is 10.3. The molecule has 0 saturated heterocycles. The zero-order valence-corrected chi connectivity index (χ0v) is 13.4. The summed E-state index contributed by atoms with van der Waals surface area (Å²) in [6.45, 7) is 0.781. The van der Waals surface area contributed by atoms with E-state index in [1.807, 2.05) is 24.3 Å². The molecule has 20 heavy (non-hydrogen) atoms. The van der Waals surface area contributed by atoms with Crippen LogP contribution in [0.1, 0.15) is 12.8 Å². The first-order valence-corrected chi connectivity index (χ1v) is 8.48. The van der Waals surface area contributed by atoms with Crippen molar-refractivity contribution in [3.63, 3.8) is 0 Å². The molecule has 1 aromatic rings. The number of thioether (sulfide) groups is 1. The molecule has 1 aromatic carbocycles. The van der Waals surface area contributed by atoms with E-state index >= 15 is 0 Å². The highest BCUT2D eigenvalue weighted by atomic mass is 79.9. The Kier molecular flexibility index (Phi) is 5.91. The predicted molar refractivity (Wildman–Crippen MR) is 85.8 cm³/mol. The summed E-state index contributed by atoms with van der Waals surface area (Å²) in [6.07, 6.45) is 2.45. The molecule has 4 nitrogen and oxygen atoms in total. The number of amides is 2. The Hall–Kier alpha value is -1.01. The second-order valence-electron chi connectivity index (χ2n) is 4.80. The molecule has 2 amide bonds. The third-order valence-electron chi connectivity index (χ3n) is 2.86. The standard InChI is InChI=1S/C14H17BrN2O2S/c15-11-2-1-3-12(6-11)17-14(19)9-20-8-13(18)16-7-10-4-5-10/h1-3,6,10H,4-5,7-9H2,(H,16,18)(H,17,19). The van der Waals surface area contributed by atoms with Crippen LogP contribution in [0.25, 0.3) is 0 Å². The number of carbonyl (C=O) groups is 2. The van der Waals surface area contributed by atoms with Gasteiger partial charge in [0.25, 0.3) is 0 Å². The van der Waals surface area contributed by atoms with Crippen molar-refractivity contribution in [1.29, 1.82) is 0 Å². The molecular weight excluding hydrogens is 340 g/mol. The van der Waals surface area contributed by atoms with Crippen molar-refractivity contribution in [2.45, 2.75) is 12.8 Å². The van der Waals surface area contributed by atoms with Crippen molar-refractivity contribution in [1.82, 2.24) is 5.32 Å². The van der Waals surface area contributed by atoms with Gasteiger partial charge in [-0.3, -0.25) is 9.59 Å². The molecule has 0 heterocycles. The van der Waals surface area contributed by atoms with Crippen LogP contribution in [0.3, 0.4) is 0 Å². The lowest BCUT2D eigenvalue weighted by Gasteiger charge is -2.06. The van der Waals surface area contributed by atoms with E-state index in [0.717, 1.165) is 16.7 Å². The van der Waals surface area contributed by atoms with E-state index in [2.05, 4.69) is 26.6 Å². The van der Waals surface area contributed by atoms with Gasteiger partial charge < -0.3 is 10.6 Å². The van der Waals surface area contributed by atoms with Crippen LogP contribution in [0.4, 0.5) is 5.69 Å². The van der Waals surface area contributed by atoms with Crippen molar-refractivity contribution in [3.8, 4) is 0 Å². The minimum absolute atomic E-state index is 0.0113. The molecule has 108 valence electrons. The average Bonchev–Trinajstić information content (AvgIpc) is 3.20. The highest BCUT2D eigenvalue weighted by Gasteiger charge is 2.21. The van der Waals surface area contributed by atoms with E-state index in [-0.39, 0.29) is 17.6 Å². The summed E-state index contributed by atoms with van der Waals surface area (Å²) in [7, 11) is 0. The van der Waals surface area contributed by atoms with Crippen molar-refractivity contribution in [2.24, 2.45) is 5.92 Å². The zero-order valence-electron chi connectivity index (χ0n) is 11.0. The van der Waals surface area contributed by atoms with Crippen LogP contribution in [0.15, 0.2) is 28.7 Å². The molecule has 0 aromatic heterocycles. The SMILES string of the molecule is O=C(CSCC(=O)Nc1cccc(Br)c1)NCC1CC1. The molecule has 1 aliphatic rings. The predicted octanol–water partition coefficient (Wildman–Crippen LogP) is 2.65. The van der Waals surface area contributed by atoms with Gasteiger partial charge in [-0.2, -0.15) is 0 Å². The fraction of sp³-hybridized carbons (Fsp3) is 0.429. The number of nitrogens with one attached hydrogen (secondary N) is 2. The molecule has 0 spiro atoms. The van der Waals surface area contributed by atoms with E-state index in [4.69, 9.17) is 0 Å². The summed E-state index contributed by atoms with van der Waals surface area (Å²) in [5.41, 5.74) is 0.753. The third kappa shape index (κ3) is 5.96. The molecular formula is C14H17BrN2O2S. The van der Waals surface area contributed by atoms with E-state index in [1.54, 1.807) is 0 Å². The third-order valence-corrected chi connectivity index (χ3v) is 4.29. The van der Waals surface area contributed by atoms with Crippen LogP contribution >= 0.6 is 27.7 Å². The molecule has 0 bridgehead atoms. The first kappa shape index (κ1) is 15.4. The van der Waals surface area contributed by atoms with Crippen LogP contribution in [0, 0.1) is 5.92 Å². The summed E-state index contributed by atoms with van der Waals surface area (Å²) in [6, 6.07) is 7.42. The molecule has 2 rings (SSSR count). The van der Waals surface area contributed by atoms with Gasteiger partial charge in [-0.25, -0.2) is 0 Å². The van der Waals surface area contributed by atoms with Gasteiger partial charge in [-0.1, -0.05) is 22.0 Å². The quantitative estimate of drug-likeness (QED) is 0.789. The fourth-order valence-corrected chi connectivity index (χ4v) is 2.68. The largest absolute Gasteiger partial charge is 0.355 e. The molecule has 0 atom stereocenters. The number of benzene rings is 1. The Morgan fingerprint density at radius 1 is 1.25 bits per heavy atom. The van der Waals surface area contributed by atoms with Gasteiger partial charge in [0.05, 0.1) is 11.5 Å². The topological polar surface area (TPSA) is 58.2 Å². The number of rotatable bonds is 7. The highest BCUT2D eigenvalue weighted by Crippen LogP contribution is 2.27. The molecule has 1 aliphatic carbocycles. The number of anilines is 1. The molecule has 1 fully saturated rings. The summed E-state index contributed by atoms with van der Waals surface area (Å²) >= 11 is 4.68. The molecule has 6 heteroatoms. The number of hydrogen-bond donors (Lipinski definition) is 2. The van der Waals surface area contributed by atoms with E-state index in [9.17, 15) is 9.59 Å². The van der Waals surface area contributed by atoms with E-state index in [1.165, 1.54) is 24.6 Å². The Balaban J connectivity index is 1.60. The van der Waals surface area contributed by atoms with E-state index in [0.29, 0.717) is 11.7 Å². The van der Waals surface area contributed by atoms with Gasteiger partial charge >= 0.3 is 0 Å². The smallest absolute Gasteiger partial charge is 0.234 e. The summed E-state index contributed by atoms with van der Waals surface area (Å²) in [5.74, 6) is 1.21. The van der Waals surface area contributed by atoms with E-state index < -0.39 is 0 Å². The Morgan fingerprint density at radius 3 is 2.70 bits per heavy atom. The normalized spacial score (nSPS) is 13.8. The highest BCUT2D eigenvalue weighted by molar-refractivity contribution is 9.10. The second kappa shape index (κ2) is 7.69. The van der Waals surface area contributed by atoms with Crippen LogP contribution in [0.5, 0.6) is 0 Å². The molecule has 1 saturated carbocycles. The Morgan fingerprint density at radius 2 is 2.00 bits per heavy atom. The van der Waals surface area contributed by atoms with Crippen LogP contribution in [0.2, 0.25) is 0 Å². The van der Waals surface area contributed by atoms with Crippen molar-refractivity contribution >= 4 is 45.2 Å². The molecule has 0 aliphatic heterocycles. The van der Waals surface area contributed by atoms with Crippen LogP contribution in [-0.4, -0.2) is 29.9 Å². The molecule has 0 radical (unpaired) electrons. The van der Waals surface area contributed by atoms with Crippen LogP contribution in [-0.2, 0) is 9.59 Å². The summed E-state index contributed by atoms with van der Waals surface area (Å²) < 4.78 is 0.919. The van der Waals surface area contributed by atoms with Crippen molar-refractivity contribution in [2.75, 3.05) is 23.4 Å². The van der Waals surface area contributed by atoms with Gasteiger partial charge in [0.15, 0.2) is 0 Å². The van der Waals surface area contributed by atoms with Gasteiger partial charge in [0.1, 0.15) is 0 Å². The van der Waals surface area contributed by atoms with Crippen molar-refractivity contribution in [3.05, 3.63) is 28.7 Å². The molecule has 0 unspecified atom stereocenters. The zero-order chi connectivity index (χ0) is 14.4. The van der Waals surface area contributed by atoms with Crippen LogP contribution < -0.4 is 10.6 Å². The maximum atomic E-state index is 11.7. The first-order chi connectivity index (χ1) is 9.63.